The van der Waals surface area contributed by atoms with Crippen LogP contribution in [0.25, 0.3) is 21.6 Å². The van der Waals surface area contributed by atoms with Crippen LogP contribution in [0.3, 0.4) is 0 Å². The van der Waals surface area contributed by atoms with Crippen molar-refractivity contribution in [3.8, 4) is 0 Å². The van der Waals surface area contributed by atoms with E-state index in [0.717, 1.165) is 0 Å². The maximum atomic E-state index is 12.5. The van der Waals surface area contributed by atoms with Crippen molar-refractivity contribution < 1.29 is 37.7 Å². The third-order valence-electron chi connectivity index (χ3n) is 7.35. The fraction of sp³-hybridized carbons (Fsp3) is 0.750. The molecule has 2 aromatic rings. The lowest BCUT2D eigenvalue weighted by Gasteiger charge is -2.39. The van der Waals surface area contributed by atoms with Crippen molar-refractivity contribution in [2.75, 3.05) is 44.9 Å². The standard InChI is InChI=1S/C28H46N8O8Si/c1-27(2,3)43-26(38)34-24-23-25(31-17-30-24)36(18-32-23)21-15-19(44-45(7,8)28(4,5)6)20(42-21)16-41-22(37)9-11-39-13-14-40-12-10-33-35-29/h17-21H,9-16H2,1-8H3,(H,30,31,34,38)/t19-,20+,21+/m0/s1. The predicted octanol–water partition coefficient (Wildman–Crippen LogP) is 5.13. The van der Waals surface area contributed by atoms with E-state index in [1.165, 1.54) is 6.33 Å². The van der Waals surface area contributed by atoms with Crippen molar-refractivity contribution in [2.24, 2.45) is 5.11 Å². The highest BCUT2D eigenvalue weighted by Crippen LogP contribution is 2.41. The number of nitrogens with zero attached hydrogens (tertiary/aromatic N) is 7. The first-order valence-electron chi connectivity index (χ1n) is 14.9. The second kappa shape index (κ2) is 15.8. The van der Waals surface area contributed by atoms with Crippen LogP contribution in [0.15, 0.2) is 17.8 Å². The molecule has 1 amide bonds. The molecule has 1 N–H and O–H groups in total. The number of carbonyl (C=O) groups excluding carboxylic acids is 2. The molecule has 0 unspecified atom stereocenters. The largest absolute Gasteiger partial charge is 0.463 e. The first kappa shape index (κ1) is 36.1. The van der Waals surface area contributed by atoms with Crippen LogP contribution < -0.4 is 5.32 Å². The Morgan fingerprint density at radius 3 is 2.49 bits per heavy atom. The Kier molecular flexibility index (Phi) is 12.7. The molecule has 1 saturated heterocycles. The highest BCUT2D eigenvalue weighted by molar-refractivity contribution is 6.74. The molecule has 45 heavy (non-hydrogen) atoms. The lowest BCUT2D eigenvalue weighted by Crippen LogP contribution is -2.46. The van der Waals surface area contributed by atoms with E-state index in [-0.39, 0.29) is 43.1 Å². The first-order chi connectivity index (χ1) is 21.1. The van der Waals surface area contributed by atoms with Gasteiger partial charge < -0.3 is 28.1 Å². The number of imidazole rings is 1. The third-order valence-corrected chi connectivity index (χ3v) is 11.9. The topological polar surface area (TPSA) is 194 Å². The first-order valence-corrected chi connectivity index (χ1v) is 17.8. The quantitative estimate of drug-likeness (QED) is 0.0670. The van der Waals surface area contributed by atoms with E-state index in [0.29, 0.717) is 37.4 Å². The molecule has 16 nitrogen and oxygen atoms in total. The van der Waals surface area contributed by atoms with E-state index in [1.807, 2.05) is 0 Å². The number of anilines is 1. The van der Waals surface area contributed by atoms with Crippen molar-refractivity contribution >= 4 is 37.4 Å². The number of hydrogen-bond donors (Lipinski definition) is 1. The third kappa shape index (κ3) is 10.9. The number of hydrogen-bond acceptors (Lipinski definition) is 12. The van der Waals surface area contributed by atoms with Crippen LogP contribution in [0.4, 0.5) is 10.6 Å². The van der Waals surface area contributed by atoms with Crippen molar-refractivity contribution in [1.82, 2.24) is 19.5 Å². The Balaban J connectivity index is 1.65. The second-order valence-electron chi connectivity index (χ2n) is 13.1. The second-order valence-corrected chi connectivity index (χ2v) is 17.8. The van der Waals surface area contributed by atoms with Crippen molar-refractivity contribution in [3.05, 3.63) is 23.1 Å². The average Bonchev–Trinajstić information content (AvgIpc) is 3.53. The molecule has 2 aromatic heterocycles. The van der Waals surface area contributed by atoms with Gasteiger partial charge in [-0.25, -0.2) is 19.7 Å². The zero-order valence-corrected chi connectivity index (χ0v) is 28.4. The van der Waals surface area contributed by atoms with Crippen LogP contribution in [0, 0.1) is 0 Å². The molecule has 0 bridgehead atoms. The van der Waals surface area contributed by atoms with Crippen molar-refractivity contribution in [1.29, 1.82) is 0 Å². The lowest BCUT2D eigenvalue weighted by atomic mass is 10.2. The van der Waals surface area contributed by atoms with Crippen LogP contribution >= 0.6 is 0 Å². The number of azide groups is 1. The molecule has 17 heteroatoms. The maximum Gasteiger partial charge on any atom is 0.413 e. The van der Waals surface area contributed by atoms with Gasteiger partial charge >= 0.3 is 12.1 Å². The Morgan fingerprint density at radius 2 is 1.82 bits per heavy atom. The number of nitrogens with one attached hydrogen (secondary N) is 1. The van der Waals surface area contributed by atoms with Crippen LogP contribution in [0.2, 0.25) is 18.1 Å². The highest BCUT2D eigenvalue weighted by atomic mass is 28.4. The van der Waals surface area contributed by atoms with E-state index in [1.54, 1.807) is 31.7 Å². The van der Waals surface area contributed by atoms with Crippen LogP contribution in [-0.2, 0) is 32.9 Å². The highest BCUT2D eigenvalue weighted by Gasteiger charge is 2.45. The molecule has 0 radical (unpaired) electrons. The molecule has 0 saturated carbocycles. The summed E-state index contributed by atoms with van der Waals surface area (Å²) in [5.41, 5.74) is 8.41. The molecule has 0 spiro atoms. The molecule has 3 atom stereocenters. The average molecular weight is 651 g/mol. The van der Waals surface area contributed by atoms with Gasteiger partial charge in [0.05, 0.1) is 45.3 Å². The smallest absolute Gasteiger partial charge is 0.413 e. The normalized spacial score (nSPS) is 18.9. The van der Waals surface area contributed by atoms with Gasteiger partial charge in [-0.1, -0.05) is 25.9 Å². The molecule has 1 aliphatic heterocycles. The molecule has 250 valence electrons. The summed E-state index contributed by atoms with van der Waals surface area (Å²) >= 11 is 0. The van der Waals surface area contributed by atoms with Gasteiger partial charge in [-0.3, -0.25) is 14.7 Å². The number of amides is 1. The van der Waals surface area contributed by atoms with Gasteiger partial charge in [0.1, 0.15) is 30.9 Å². The summed E-state index contributed by atoms with van der Waals surface area (Å²) in [5, 5.41) is 5.98. The minimum Gasteiger partial charge on any atom is -0.463 e. The van der Waals surface area contributed by atoms with Gasteiger partial charge in [0.25, 0.3) is 0 Å². The summed E-state index contributed by atoms with van der Waals surface area (Å²) in [5.74, 6) is -0.205. The number of carbonyl (C=O) groups is 2. The van der Waals surface area contributed by atoms with Gasteiger partial charge in [0.2, 0.25) is 0 Å². The number of esters is 1. The minimum atomic E-state index is -2.22. The van der Waals surface area contributed by atoms with E-state index in [4.69, 9.17) is 33.6 Å². The Morgan fingerprint density at radius 1 is 1.11 bits per heavy atom. The molecule has 0 aromatic carbocycles. The maximum absolute atomic E-state index is 12.5. The van der Waals surface area contributed by atoms with E-state index in [2.05, 4.69) is 64.2 Å². The number of ether oxygens (including phenoxy) is 5. The zero-order valence-electron chi connectivity index (χ0n) is 27.4. The summed E-state index contributed by atoms with van der Waals surface area (Å²) in [6.45, 7) is 17.5. The Bertz CT molecular complexity index is 1340. The van der Waals surface area contributed by atoms with Gasteiger partial charge in [0, 0.05) is 17.9 Å². The molecule has 3 rings (SSSR count). The summed E-state index contributed by atoms with van der Waals surface area (Å²) in [4.78, 5) is 40.6. The van der Waals surface area contributed by atoms with Gasteiger partial charge in [0.15, 0.2) is 25.3 Å². The van der Waals surface area contributed by atoms with Crippen molar-refractivity contribution in [3.63, 3.8) is 0 Å². The van der Waals surface area contributed by atoms with Crippen LogP contribution in [0.1, 0.15) is 60.6 Å². The molecule has 3 heterocycles. The molecular weight excluding hydrogens is 604 g/mol. The SMILES string of the molecule is CC(C)(C)OC(=O)Nc1ncnc2c1ncn2[C@H]1C[C@H](O[Si](C)(C)C(C)(C)C)[C@@H](COC(=O)CCOCCOCCN=[N+]=[N-])O1. The lowest BCUT2D eigenvalue weighted by molar-refractivity contribution is -0.151. The van der Waals surface area contributed by atoms with Gasteiger partial charge in [-0.2, -0.15) is 0 Å². The molecule has 1 aliphatic rings. The summed E-state index contributed by atoms with van der Waals surface area (Å²) in [6, 6.07) is 0. The van der Waals surface area contributed by atoms with Crippen LogP contribution in [0.5, 0.6) is 0 Å². The van der Waals surface area contributed by atoms with E-state index < -0.39 is 38.3 Å². The van der Waals surface area contributed by atoms with Crippen LogP contribution in [-0.4, -0.2) is 97.3 Å². The fourth-order valence-electron chi connectivity index (χ4n) is 4.13. The van der Waals surface area contributed by atoms with E-state index in [9.17, 15) is 9.59 Å². The fourth-order valence-corrected chi connectivity index (χ4v) is 5.49. The van der Waals surface area contributed by atoms with Crippen molar-refractivity contribution in [2.45, 2.75) is 96.6 Å². The van der Waals surface area contributed by atoms with Gasteiger partial charge in [-0.05, 0) is 44.4 Å². The number of rotatable bonds is 15. The number of fused-ring (bicyclic) bond motifs is 1. The van der Waals surface area contributed by atoms with Gasteiger partial charge in [-0.15, -0.1) is 0 Å². The number of aromatic nitrogens is 4. The monoisotopic (exact) mass is 650 g/mol. The molecule has 1 fully saturated rings. The minimum absolute atomic E-state index is 0.00417. The summed E-state index contributed by atoms with van der Waals surface area (Å²) in [6.07, 6.45) is 1.42. The Labute approximate surface area is 264 Å². The Hall–Kier alpha value is -3.34. The molecular formula is C28H46N8O8Si. The zero-order chi connectivity index (χ0) is 33.3. The summed E-state index contributed by atoms with van der Waals surface area (Å²) in [7, 11) is -2.22. The summed E-state index contributed by atoms with van der Waals surface area (Å²) < 4.78 is 36.6. The predicted molar refractivity (Wildman–Crippen MR) is 167 cm³/mol. The van der Waals surface area contributed by atoms with E-state index >= 15 is 0 Å². The molecule has 0 aliphatic carbocycles.